The van der Waals surface area contributed by atoms with Crippen LogP contribution in [0.5, 0.6) is 5.75 Å². The van der Waals surface area contributed by atoms with Crippen molar-refractivity contribution in [2.24, 2.45) is 10.7 Å². The third-order valence-electron chi connectivity index (χ3n) is 5.73. The molecule has 0 saturated carbocycles. The molecule has 0 amide bonds. The molecule has 0 unspecified atom stereocenters. The van der Waals surface area contributed by atoms with E-state index in [0.717, 1.165) is 35.1 Å². The lowest BCUT2D eigenvalue weighted by Gasteiger charge is -2.23. The summed E-state index contributed by atoms with van der Waals surface area (Å²) in [6, 6.07) is 8.08. The van der Waals surface area contributed by atoms with E-state index < -0.39 is 0 Å². The van der Waals surface area contributed by atoms with Gasteiger partial charge in [0.25, 0.3) is 0 Å². The van der Waals surface area contributed by atoms with Crippen molar-refractivity contribution in [3.8, 4) is 5.75 Å². The molecule has 1 aromatic carbocycles. The van der Waals surface area contributed by atoms with Crippen molar-refractivity contribution in [3.05, 3.63) is 40.8 Å². The van der Waals surface area contributed by atoms with Crippen LogP contribution in [0, 0.1) is 0 Å². The van der Waals surface area contributed by atoms with Gasteiger partial charge in [0, 0.05) is 28.1 Å². The maximum atomic E-state index is 6.38. The predicted molar refractivity (Wildman–Crippen MR) is 125 cm³/mol. The minimum atomic E-state index is 0.380. The number of methoxy groups -OCH3 is 1. The van der Waals surface area contributed by atoms with Gasteiger partial charge in [-0.25, -0.2) is 4.90 Å². The zero-order chi connectivity index (χ0) is 20.9. The molecule has 1 fully saturated rings. The Kier molecular flexibility index (Phi) is 6.59. The summed E-state index contributed by atoms with van der Waals surface area (Å²) in [6.45, 7) is 3.69. The Morgan fingerprint density at radius 1 is 1.27 bits per heavy atom. The quantitative estimate of drug-likeness (QED) is 0.312. The molecule has 7 heteroatoms. The minimum Gasteiger partial charge on any atom is -0.494 e. The van der Waals surface area contributed by atoms with Gasteiger partial charge in [0.05, 0.1) is 7.11 Å². The summed E-state index contributed by atoms with van der Waals surface area (Å²) in [7, 11) is 3.39. The number of benzene rings is 1. The maximum absolute atomic E-state index is 6.38. The second-order valence-corrected chi connectivity index (χ2v) is 8.59. The SMILES string of the molecule is CN=C(N)N(c1c(OC)csc1CCCCN1CCCC1)c1occ2ccccc12. The highest BCUT2D eigenvalue weighted by molar-refractivity contribution is 7.11. The highest BCUT2D eigenvalue weighted by atomic mass is 32.1. The standard InChI is InChI=1S/C23H30N4O2S/c1-25-23(24)27(22-18-10-4-3-9-17(18)15-29-22)21-19(28-2)16-30-20(21)11-5-6-12-26-13-7-8-14-26/h3-4,9-10,15-16H,5-8,11-14H2,1-2H3,(H2,24,25). The van der Waals surface area contributed by atoms with Crippen LogP contribution in [0.1, 0.15) is 30.6 Å². The molecule has 160 valence electrons. The summed E-state index contributed by atoms with van der Waals surface area (Å²) in [5, 5.41) is 4.08. The number of ether oxygens (including phenoxy) is 1. The van der Waals surface area contributed by atoms with E-state index in [1.807, 2.05) is 34.5 Å². The number of hydrogen-bond donors (Lipinski definition) is 1. The number of rotatable bonds is 8. The lowest BCUT2D eigenvalue weighted by Crippen LogP contribution is -2.33. The van der Waals surface area contributed by atoms with Crippen LogP contribution in [0.2, 0.25) is 0 Å². The Morgan fingerprint density at radius 3 is 2.83 bits per heavy atom. The Morgan fingerprint density at radius 2 is 2.07 bits per heavy atom. The molecule has 1 aliphatic rings. The molecular formula is C23H30N4O2S. The minimum absolute atomic E-state index is 0.380. The van der Waals surface area contributed by atoms with E-state index >= 15 is 0 Å². The number of guanidine groups is 1. The average molecular weight is 427 g/mol. The molecule has 0 radical (unpaired) electrons. The number of fused-ring (bicyclic) bond motifs is 1. The van der Waals surface area contributed by atoms with E-state index in [4.69, 9.17) is 14.9 Å². The molecule has 0 spiro atoms. The first-order valence-corrected chi connectivity index (χ1v) is 11.5. The molecule has 30 heavy (non-hydrogen) atoms. The molecule has 2 aromatic heterocycles. The van der Waals surface area contributed by atoms with Gasteiger partial charge in [-0.2, -0.15) is 0 Å². The van der Waals surface area contributed by atoms with Crippen LogP contribution in [-0.4, -0.2) is 44.7 Å². The summed E-state index contributed by atoms with van der Waals surface area (Å²) in [4.78, 5) is 9.98. The molecule has 2 N–H and O–H groups in total. The summed E-state index contributed by atoms with van der Waals surface area (Å²) >= 11 is 1.71. The molecule has 0 aliphatic carbocycles. The number of unbranched alkanes of at least 4 members (excludes halogenated alkanes) is 1. The van der Waals surface area contributed by atoms with Crippen LogP contribution < -0.4 is 15.4 Å². The van der Waals surface area contributed by atoms with Crippen molar-refractivity contribution < 1.29 is 9.15 Å². The van der Waals surface area contributed by atoms with E-state index in [9.17, 15) is 0 Å². The molecule has 6 nitrogen and oxygen atoms in total. The monoisotopic (exact) mass is 426 g/mol. The number of aryl methyl sites for hydroxylation is 1. The van der Waals surface area contributed by atoms with E-state index in [-0.39, 0.29) is 0 Å². The van der Waals surface area contributed by atoms with Crippen molar-refractivity contribution in [1.29, 1.82) is 0 Å². The number of thiophene rings is 1. The first-order valence-electron chi connectivity index (χ1n) is 10.6. The van der Waals surface area contributed by atoms with Crippen molar-refractivity contribution in [2.45, 2.75) is 32.1 Å². The molecule has 3 aromatic rings. The Bertz CT molecular complexity index is 1000. The summed E-state index contributed by atoms with van der Waals surface area (Å²) in [6.07, 6.45) is 7.74. The van der Waals surface area contributed by atoms with Gasteiger partial charge in [-0.1, -0.05) is 18.2 Å². The lowest BCUT2D eigenvalue weighted by molar-refractivity contribution is 0.330. The van der Waals surface area contributed by atoms with Crippen molar-refractivity contribution in [1.82, 2.24) is 4.90 Å². The fraction of sp³-hybridized carbons (Fsp3) is 0.435. The van der Waals surface area contributed by atoms with Crippen molar-refractivity contribution >= 4 is 39.6 Å². The topological polar surface area (TPSA) is 67.2 Å². The van der Waals surface area contributed by atoms with Crippen LogP contribution in [0.3, 0.4) is 0 Å². The first-order chi connectivity index (χ1) is 14.7. The Labute approximate surface area is 181 Å². The van der Waals surface area contributed by atoms with Gasteiger partial charge in [-0.15, -0.1) is 11.3 Å². The highest BCUT2D eigenvalue weighted by Gasteiger charge is 2.27. The number of aliphatic imine (C=N–C) groups is 1. The van der Waals surface area contributed by atoms with Crippen LogP contribution in [-0.2, 0) is 6.42 Å². The van der Waals surface area contributed by atoms with E-state index in [1.54, 1.807) is 31.8 Å². The number of furan rings is 1. The summed E-state index contributed by atoms with van der Waals surface area (Å²) < 4.78 is 11.7. The van der Waals surface area contributed by atoms with Gasteiger partial charge < -0.3 is 19.8 Å². The van der Waals surface area contributed by atoms with Gasteiger partial charge in [0.15, 0.2) is 5.75 Å². The summed E-state index contributed by atoms with van der Waals surface area (Å²) in [5.74, 6) is 1.84. The van der Waals surface area contributed by atoms with Crippen LogP contribution in [0.15, 0.2) is 45.3 Å². The van der Waals surface area contributed by atoms with Gasteiger partial charge in [-0.3, -0.25) is 4.99 Å². The predicted octanol–water partition coefficient (Wildman–Crippen LogP) is 5.00. The second kappa shape index (κ2) is 9.53. The van der Waals surface area contributed by atoms with Gasteiger partial charge in [0.1, 0.15) is 12.0 Å². The second-order valence-electron chi connectivity index (χ2n) is 7.63. The van der Waals surface area contributed by atoms with Gasteiger partial charge in [-0.05, 0) is 57.8 Å². The average Bonchev–Trinajstić information content (AvgIpc) is 3.52. The van der Waals surface area contributed by atoms with Gasteiger partial charge >= 0.3 is 0 Å². The van der Waals surface area contributed by atoms with E-state index in [0.29, 0.717) is 11.8 Å². The van der Waals surface area contributed by atoms with Crippen LogP contribution in [0.4, 0.5) is 11.6 Å². The lowest BCUT2D eigenvalue weighted by atomic mass is 10.1. The Hall–Kier alpha value is -2.51. The zero-order valence-corrected chi connectivity index (χ0v) is 18.6. The largest absolute Gasteiger partial charge is 0.494 e. The van der Waals surface area contributed by atoms with Crippen molar-refractivity contribution in [2.75, 3.05) is 38.7 Å². The molecule has 4 rings (SSSR count). The van der Waals surface area contributed by atoms with Gasteiger partial charge in [0.2, 0.25) is 11.8 Å². The summed E-state index contributed by atoms with van der Waals surface area (Å²) in [5.41, 5.74) is 7.32. The number of likely N-dealkylation sites (tertiary alicyclic amines) is 1. The Balaban J connectivity index is 1.62. The molecule has 1 aliphatic heterocycles. The maximum Gasteiger partial charge on any atom is 0.214 e. The molecular weight excluding hydrogens is 396 g/mol. The molecule has 3 heterocycles. The van der Waals surface area contributed by atoms with E-state index in [2.05, 4.69) is 9.89 Å². The molecule has 0 atom stereocenters. The number of nitrogens with zero attached hydrogens (tertiary/aromatic N) is 3. The molecule has 0 bridgehead atoms. The molecule has 1 saturated heterocycles. The third-order valence-corrected chi connectivity index (χ3v) is 6.74. The number of nitrogens with two attached hydrogens (primary N) is 1. The fourth-order valence-corrected chi connectivity index (χ4v) is 5.15. The number of hydrogen-bond acceptors (Lipinski definition) is 5. The first kappa shape index (κ1) is 20.8. The smallest absolute Gasteiger partial charge is 0.214 e. The van der Waals surface area contributed by atoms with Crippen molar-refractivity contribution in [3.63, 3.8) is 0 Å². The number of anilines is 2. The normalized spacial score (nSPS) is 15.2. The van der Waals surface area contributed by atoms with Crippen LogP contribution in [0.25, 0.3) is 10.8 Å². The zero-order valence-electron chi connectivity index (χ0n) is 17.8. The fourth-order valence-electron chi connectivity index (χ4n) is 4.13. The highest BCUT2D eigenvalue weighted by Crippen LogP contribution is 2.44. The van der Waals surface area contributed by atoms with E-state index in [1.165, 1.54) is 43.8 Å². The van der Waals surface area contributed by atoms with Crippen LogP contribution >= 0.6 is 11.3 Å². The third kappa shape index (κ3) is 4.18.